The van der Waals surface area contributed by atoms with Crippen molar-refractivity contribution >= 4 is 5.69 Å². The van der Waals surface area contributed by atoms with Crippen LogP contribution in [-0.2, 0) is 6.42 Å². The van der Waals surface area contributed by atoms with Gasteiger partial charge in [0.05, 0.1) is 0 Å². The standard InChI is InChI=1S/C17H27FN2/c1-4-5-16(12-19-11-13(2)3)20-9-8-14-6-7-15(18)10-17(14)20/h6-7,10,13,16,19H,4-5,8-9,11-12H2,1-3H3. The smallest absolute Gasteiger partial charge is 0.125 e. The van der Waals surface area contributed by atoms with Gasteiger partial charge in [-0.15, -0.1) is 0 Å². The Balaban J connectivity index is 2.05. The van der Waals surface area contributed by atoms with Crippen LogP contribution in [0.25, 0.3) is 0 Å². The second-order valence-electron chi connectivity index (χ2n) is 6.21. The summed E-state index contributed by atoms with van der Waals surface area (Å²) in [5.41, 5.74) is 2.39. The average molecular weight is 278 g/mol. The largest absolute Gasteiger partial charge is 0.367 e. The summed E-state index contributed by atoms with van der Waals surface area (Å²) in [7, 11) is 0. The second-order valence-corrected chi connectivity index (χ2v) is 6.21. The minimum atomic E-state index is -0.124. The summed E-state index contributed by atoms with van der Waals surface area (Å²) in [5.74, 6) is 0.543. The van der Waals surface area contributed by atoms with Gasteiger partial charge in [0, 0.05) is 24.8 Å². The van der Waals surface area contributed by atoms with Crippen molar-refractivity contribution in [2.24, 2.45) is 5.92 Å². The lowest BCUT2D eigenvalue weighted by atomic mass is 10.1. The van der Waals surface area contributed by atoms with Crippen molar-refractivity contribution in [3.05, 3.63) is 29.6 Å². The number of halogens is 1. The molecule has 1 unspecified atom stereocenters. The predicted molar refractivity (Wildman–Crippen MR) is 83.9 cm³/mol. The van der Waals surface area contributed by atoms with Gasteiger partial charge in [-0.25, -0.2) is 4.39 Å². The molecule has 1 aliphatic heterocycles. The fourth-order valence-electron chi connectivity index (χ4n) is 3.00. The highest BCUT2D eigenvalue weighted by Gasteiger charge is 2.25. The van der Waals surface area contributed by atoms with Crippen LogP contribution in [0.4, 0.5) is 10.1 Å². The van der Waals surface area contributed by atoms with Crippen LogP contribution >= 0.6 is 0 Å². The number of fused-ring (bicyclic) bond motifs is 1. The average Bonchev–Trinajstić information content (AvgIpc) is 2.80. The van der Waals surface area contributed by atoms with Crippen molar-refractivity contribution in [1.29, 1.82) is 0 Å². The van der Waals surface area contributed by atoms with Gasteiger partial charge >= 0.3 is 0 Å². The van der Waals surface area contributed by atoms with Crippen molar-refractivity contribution < 1.29 is 4.39 Å². The van der Waals surface area contributed by atoms with E-state index in [2.05, 4.69) is 31.0 Å². The van der Waals surface area contributed by atoms with Crippen molar-refractivity contribution in [3.8, 4) is 0 Å². The molecule has 2 nitrogen and oxygen atoms in total. The number of hydrogen-bond acceptors (Lipinski definition) is 2. The molecule has 0 aromatic heterocycles. The van der Waals surface area contributed by atoms with E-state index in [0.29, 0.717) is 12.0 Å². The van der Waals surface area contributed by atoms with E-state index in [0.717, 1.165) is 44.6 Å². The van der Waals surface area contributed by atoms with E-state index < -0.39 is 0 Å². The fourth-order valence-corrected chi connectivity index (χ4v) is 3.00. The zero-order chi connectivity index (χ0) is 14.5. The van der Waals surface area contributed by atoms with Crippen molar-refractivity contribution in [1.82, 2.24) is 5.32 Å². The van der Waals surface area contributed by atoms with E-state index in [4.69, 9.17) is 0 Å². The summed E-state index contributed by atoms with van der Waals surface area (Å²) in [5, 5.41) is 3.56. The summed E-state index contributed by atoms with van der Waals surface area (Å²) < 4.78 is 13.5. The maximum Gasteiger partial charge on any atom is 0.125 e. The molecule has 3 heteroatoms. The Morgan fingerprint density at radius 2 is 2.10 bits per heavy atom. The maximum absolute atomic E-state index is 13.5. The molecule has 0 amide bonds. The molecule has 2 rings (SSSR count). The van der Waals surface area contributed by atoms with Crippen LogP contribution in [0.2, 0.25) is 0 Å². The van der Waals surface area contributed by atoms with Crippen LogP contribution in [-0.4, -0.2) is 25.7 Å². The number of hydrogen-bond donors (Lipinski definition) is 1. The molecule has 1 N–H and O–H groups in total. The number of benzene rings is 1. The SMILES string of the molecule is CCCC(CNCC(C)C)N1CCc2ccc(F)cc21. The topological polar surface area (TPSA) is 15.3 Å². The number of nitrogens with zero attached hydrogens (tertiary/aromatic N) is 1. The molecule has 0 fully saturated rings. The lowest BCUT2D eigenvalue weighted by Crippen LogP contribution is -2.42. The molecule has 1 heterocycles. The van der Waals surface area contributed by atoms with E-state index in [1.807, 2.05) is 6.07 Å². The summed E-state index contributed by atoms with van der Waals surface area (Å²) in [6.45, 7) is 9.72. The highest BCUT2D eigenvalue weighted by molar-refractivity contribution is 5.59. The second kappa shape index (κ2) is 7.07. The molecule has 1 aromatic rings. The van der Waals surface area contributed by atoms with E-state index in [1.54, 1.807) is 12.1 Å². The first-order valence-corrected chi connectivity index (χ1v) is 7.87. The predicted octanol–water partition coefficient (Wildman–Crippen LogP) is 3.60. The van der Waals surface area contributed by atoms with Crippen molar-refractivity contribution in [2.75, 3.05) is 24.5 Å². The summed E-state index contributed by atoms with van der Waals surface area (Å²) in [6.07, 6.45) is 3.36. The molecule has 0 bridgehead atoms. The minimum Gasteiger partial charge on any atom is -0.367 e. The third kappa shape index (κ3) is 3.72. The van der Waals surface area contributed by atoms with Crippen LogP contribution in [0.3, 0.4) is 0 Å². The van der Waals surface area contributed by atoms with Gasteiger partial charge in [0.25, 0.3) is 0 Å². The normalized spacial score (nSPS) is 15.8. The van der Waals surface area contributed by atoms with Crippen LogP contribution in [0, 0.1) is 11.7 Å². The van der Waals surface area contributed by atoms with Crippen LogP contribution < -0.4 is 10.2 Å². The van der Waals surface area contributed by atoms with E-state index in [1.165, 1.54) is 5.56 Å². The highest BCUT2D eigenvalue weighted by atomic mass is 19.1. The highest BCUT2D eigenvalue weighted by Crippen LogP contribution is 2.31. The molecule has 1 atom stereocenters. The number of rotatable bonds is 7. The molecule has 20 heavy (non-hydrogen) atoms. The van der Waals surface area contributed by atoms with Gasteiger partial charge in [0.1, 0.15) is 5.82 Å². The fraction of sp³-hybridized carbons (Fsp3) is 0.647. The zero-order valence-electron chi connectivity index (χ0n) is 13.0. The first-order valence-electron chi connectivity index (χ1n) is 7.87. The summed E-state index contributed by atoms with van der Waals surface area (Å²) >= 11 is 0. The molecule has 112 valence electrons. The Kier molecular flexibility index (Phi) is 5.41. The quantitative estimate of drug-likeness (QED) is 0.820. The maximum atomic E-state index is 13.5. The van der Waals surface area contributed by atoms with Crippen LogP contribution in [0.5, 0.6) is 0 Å². The Morgan fingerprint density at radius 3 is 2.80 bits per heavy atom. The Bertz CT molecular complexity index is 431. The molecule has 0 radical (unpaired) electrons. The molecule has 1 aromatic carbocycles. The first kappa shape index (κ1) is 15.3. The van der Waals surface area contributed by atoms with Gasteiger partial charge in [-0.05, 0) is 43.0 Å². The van der Waals surface area contributed by atoms with Gasteiger partial charge in [-0.3, -0.25) is 0 Å². The molecule has 0 aliphatic carbocycles. The summed E-state index contributed by atoms with van der Waals surface area (Å²) in [6, 6.07) is 5.69. The molecular formula is C17H27FN2. The molecule has 1 aliphatic rings. The van der Waals surface area contributed by atoms with Gasteiger partial charge in [0.2, 0.25) is 0 Å². The van der Waals surface area contributed by atoms with Gasteiger partial charge in [-0.1, -0.05) is 33.3 Å². The van der Waals surface area contributed by atoms with E-state index in [9.17, 15) is 4.39 Å². The Morgan fingerprint density at radius 1 is 1.30 bits per heavy atom. The van der Waals surface area contributed by atoms with Crippen molar-refractivity contribution in [2.45, 2.75) is 46.1 Å². The zero-order valence-corrected chi connectivity index (χ0v) is 13.0. The number of nitrogens with one attached hydrogen (secondary N) is 1. The van der Waals surface area contributed by atoms with Crippen molar-refractivity contribution in [3.63, 3.8) is 0 Å². The lowest BCUT2D eigenvalue weighted by molar-refractivity contribution is 0.475. The van der Waals surface area contributed by atoms with Crippen LogP contribution in [0.15, 0.2) is 18.2 Å². The minimum absolute atomic E-state index is 0.124. The summed E-state index contributed by atoms with van der Waals surface area (Å²) in [4.78, 5) is 2.40. The molecule has 0 saturated heterocycles. The monoisotopic (exact) mass is 278 g/mol. The molecular weight excluding hydrogens is 251 g/mol. The van der Waals surface area contributed by atoms with Gasteiger partial charge in [-0.2, -0.15) is 0 Å². The third-order valence-corrected chi connectivity index (χ3v) is 3.97. The first-order chi connectivity index (χ1) is 9.61. The third-order valence-electron chi connectivity index (χ3n) is 3.97. The molecule has 0 saturated carbocycles. The van der Waals surface area contributed by atoms with E-state index >= 15 is 0 Å². The lowest BCUT2D eigenvalue weighted by Gasteiger charge is -2.31. The van der Waals surface area contributed by atoms with Gasteiger partial charge < -0.3 is 10.2 Å². The van der Waals surface area contributed by atoms with E-state index in [-0.39, 0.29) is 5.82 Å². The van der Waals surface area contributed by atoms with Gasteiger partial charge in [0.15, 0.2) is 0 Å². The Hall–Kier alpha value is -1.09. The molecule has 0 spiro atoms. The van der Waals surface area contributed by atoms with Crippen LogP contribution in [0.1, 0.15) is 39.2 Å². The Labute approximate surface area is 122 Å². The number of anilines is 1.